The molecule has 0 bridgehead atoms. The molecule has 3 aromatic rings. The highest BCUT2D eigenvalue weighted by molar-refractivity contribution is 7.10. The summed E-state index contributed by atoms with van der Waals surface area (Å²) in [5.74, 6) is -0.939. The summed E-state index contributed by atoms with van der Waals surface area (Å²) in [4.78, 5) is 32.0. The summed E-state index contributed by atoms with van der Waals surface area (Å²) >= 11 is 8.22. The average Bonchev–Trinajstić information content (AvgIpc) is 3.47. The van der Waals surface area contributed by atoms with Gasteiger partial charge < -0.3 is 15.0 Å². The van der Waals surface area contributed by atoms with Crippen LogP contribution < -0.4 is 0 Å². The van der Waals surface area contributed by atoms with E-state index in [1.807, 2.05) is 40.7 Å². The fourth-order valence-electron chi connectivity index (χ4n) is 5.89. The molecule has 1 saturated carbocycles. The summed E-state index contributed by atoms with van der Waals surface area (Å²) in [7, 11) is 0. The van der Waals surface area contributed by atoms with E-state index in [2.05, 4.69) is 11.1 Å². The second-order valence-electron chi connectivity index (χ2n) is 9.01. The lowest BCUT2D eigenvalue weighted by atomic mass is 9.71. The van der Waals surface area contributed by atoms with Gasteiger partial charge in [0.05, 0.1) is 10.9 Å². The quantitative estimate of drug-likeness (QED) is 0.487. The van der Waals surface area contributed by atoms with Gasteiger partial charge in [-0.05, 0) is 60.7 Å². The van der Waals surface area contributed by atoms with Gasteiger partial charge in [0.2, 0.25) is 5.91 Å². The molecule has 3 heterocycles. The fraction of sp³-hybridized carbons (Fsp3) is 0.440. The van der Waals surface area contributed by atoms with Gasteiger partial charge in [-0.2, -0.15) is 0 Å². The molecule has 0 spiro atoms. The molecule has 5 rings (SSSR count). The van der Waals surface area contributed by atoms with Crippen molar-refractivity contribution in [3.05, 3.63) is 57.4 Å². The zero-order chi connectivity index (χ0) is 22.2. The van der Waals surface area contributed by atoms with Gasteiger partial charge in [-0.1, -0.05) is 30.2 Å². The Balaban J connectivity index is 1.45. The number of aromatic nitrogens is 1. The molecular weight excluding hydrogens is 444 g/mol. The zero-order valence-electron chi connectivity index (χ0n) is 17.8. The number of benzene rings is 1. The first kappa shape index (κ1) is 21.5. The lowest BCUT2D eigenvalue weighted by Crippen LogP contribution is -2.53. The molecule has 5 nitrogen and oxygen atoms in total. The number of aromatic amines is 1. The zero-order valence-corrected chi connectivity index (χ0v) is 19.4. The van der Waals surface area contributed by atoms with Crippen molar-refractivity contribution in [3.63, 3.8) is 0 Å². The number of hydrogen-bond acceptors (Lipinski definition) is 3. The van der Waals surface area contributed by atoms with Gasteiger partial charge in [0.25, 0.3) is 0 Å². The maximum atomic E-state index is 13.7. The molecule has 2 aliphatic rings. The van der Waals surface area contributed by atoms with Crippen LogP contribution in [-0.4, -0.2) is 39.5 Å². The van der Waals surface area contributed by atoms with Gasteiger partial charge in [-0.3, -0.25) is 9.59 Å². The molecular formula is C25H27ClN2O3S. The Morgan fingerprint density at radius 3 is 2.84 bits per heavy atom. The smallest absolute Gasteiger partial charge is 0.306 e. The first-order valence-corrected chi connectivity index (χ1v) is 12.6. The Morgan fingerprint density at radius 2 is 2.06 bits per heavy atom. The molecule has 2 fully saturated rings. The van der Waals surface area contributed by atoms with E-state index in [4.69, 9.17) is 11.6 Å². The van der Waals surface area contributed by atoms with Gasteiger partial charge in [0.1, 0.15) is 0 Å². The van der Waals surface area contributed by atoms with Crippen LogP contribution in [0.15, 0.2) is 41.9 Å². The van der Waals surface area contributed by atoms with Crippen molar-refractivity contribution >= 4 is 45.7 Å². The molecule has 7 heteroatoms. The summed E-state index contributed by atoms with van der Waals surface area (Å²) in [6.07, 6.45) is 6.62. The number of halogens is 1. The van der Waals surface area contributed by atoms with E-state index in [9.17, 15) is 14.7 Å². The number of fused-ring (bicyclic) bond motifs is 2. The van der Waals surface area contributed by atoms with Crippen LogP contribution in [0.3, 0.4) is 0 Å². The number of hydrogen-bond donors (Lipinski definition) is 2. The largest absolute Gasteiger partial charge is 0.481 e. The summed E-state index contributed by atoms with van der Waals surface area (Å²) in [5, 5.41) is 13.4. The summed E-state index contributed by atoms with van der Waals surface area (Å²) in [5.41, 5.74) is 2.01. The van der Waals surface area contributed by atoms with Crippen LogP contribution in [0.2, 0.25) is 5.02 Å². The Bertz CT molecular complexity index is 1130. The van der Waals surface area contributed by atoms with Crippen LogP contribution in [0, 0.1) is 11.8 Å². The van der Waals surface area contributed by atoms with Crippen LogP contribution in [-0.2, 0) is 9.59 Å². The molecule has 1 aliphatic carbocycles. The first-order valence-electron chi connectivity index (χ1n) is 11.4. The molecule has 32 heavy (non-hydrogen) atoms. The number of piperidine rings is 1. The van der Waals surface area contributed by atoms with E-state index in [-0.39, 0.29) is 29.7 Å². The van der Waals surface area contributed by atoms with Gasteiger partial charge in [-0.25, -0.2) is 0 Å². The van der Waals surface area contributed by atoms with Crippen molar-refractivity contribution in [2.45, 2.75) is 50.5 Å². The van der Waals surface area contributed by atoms with E-state index in [1.165, 1.54) is 0 Å². The van der Waals surface area contributed by atoms with E-state index >= 15 is 0 Å². The SMILES string of the molecule is O=C(O)C1CCCC2C1CCCN2C(=O)C[C@H](c1cccs1)c1c[nH]c2cccc(Cl)c12. The molecule has 3 unspecified atom stereocenters. The first-order chi connectivity index (χ1) is 15.5. The number of carbonyl (C=O) groups is 2. The van der Waals surface area contributed by atoms with E-state index in [0.717, 1.165) is 60.0 Å². The molecule has 2 aromatic heterocycles. The van der Waals surface area contributed by atoms with Crippen molar-refractivity contribution in [3.8, 4) is 0 Å². The normalized spacial score (nSPS) is 24.3. The minimum absolute atomic E-state index is 0.0432. The van der Waals surface area contributed by atoms with E-state index in [0.29, 0.717) is 11.4 Å². The van der Waals surface area contributed by atoms with Crippen LogP contribution in [0.4, 0.5) is 0 Å². The van der Waals surface area contributed by atoms with Crippen molar-refractivity contribution in [1.29, 1.82) is 0 Å². The van der Waals surface area contributed by atoms with Gasteiger partial charge in [-0.15, -0.1) is 11.3 Å². The predicted octanol–water partition coefficient (Wildman–Crippen LogP) is 5.90. The highest BCUT2D eigenvalue weighted by Crippen LogP contribution is 2.42. The van der Waals surface area contributed by atoms with Crippen LogP contribution in [0.1, 0.15) is 54.9 Å². The molecule has 0 radical (unpaired) electrons. The van der Waals surface area contributed by atoms with Crippen LogP contribution in [0.25, 0.3) is 10.9 Å². The molecule has 168 valence electrons. The third-order valence-electron chi connectivity index (χ3n) is 7.33. The third-order valence-corrected chi connectivity index (χ3v) is 8.63. The average molecular weight is 471 g/mol. The second-order valence-corrected chi connectivity index (χ2v) is 10.4. The molecule has 1 aromatic carbocycles. The summed E-state index contributed by atoms with van der Waals surface area (Å²) < 4.78 is 0. The predicted molar refractivity (Wildman–Crippen MR) is 127 cm³/mol. The van der Waals surface area contributed by atoms with Crippen molar-refractivity contribution in [2.75, 3.05) is 6.54 Å². The number of nitrogens with zero attached hydrogens (tertiary/aromatic N) is 1. The van der Waals surface area contributed by atoms with Gasteiger partial charge in [0, 0.05) is 46.9 Å². The van der Waals surface area contributed by atoms with E-state index < -0.39 is 5.97 Å². The number of carbonyl (C=O) groups excluding carboxylic acids is 1. The minimum atomic E-state index is -0.709. The summed E-state index contributed by atoms with van der Waals surface area (Å²) in [6, 6.07) is 9.95. The van der Waals surface area contributed by atoms with E-state index in [1.54, 1.807) is 11.3 Å². The third kappa shape index (κ3) is 3.84. The molecule has 1 aliphatic heterocycles. The van der Waals surface area contributed by atoms with Crippen molar-refractivity contribution in [1.82, 2.24) is 9.88 Å². The Kier molecular flexibility index (Phi) is 5.99. The number of rotatable bonds is 5. The second kappa shape index (κ2) is 8.91. The number of H-pyrrole nitrogens is 1. The number of likely N-dealkylation sites (tertiary alicyclic amines) is 1. The Labute approximate surface area is 196 Å². The number of thiophene rings is 1. The molecule has 4 atom stereocenters. The topological polar surface area (TPSA) is 73.4 Å². The lowest BCUT2D eigenvalue weighted by Gasteiger charge is -2.46. The fourth-order valence-corrected chi connectivity index (χ4v) is 7.02. The maximum Gasteiger partial charge on any atom is 0.306 e. The highest BCUT2D eigenvalue weighted by atomic mass is 35.5. The number of nitrogens with one attached hydrogen (secondary N) is 1. The summed E-state index contributed by atoms with van der Waals surface area (Å²) in [6.45, 7) is 0.720. The number of carboxylic acids is 1. The monoisotopic (exact) mass is 470 g/mol. The van der Waals surface area contributed by atoms with Gasteiger partial charge in [0.15, 0.2) is 0 Å². The number of amides is 1. The number of aliphatic carboxylic acids is 1. The number of carboxylic acid groups (broad SMARTS) is 1. The van der Waals surface area contributed by atoms with Crippen LogP contribution in [0.5, 0.6) is 0 Å². The van der Waals surface area contributed by atoms with Crippen LogP contribution >= 0.6 is 22.9 Å². The molecule has 2 N–H and O–H groups in total. The van der Waals surface area contributed by atoms with Crippen molar-refractivity contribution < 1.29 is 14.7 Å². The highest BCUT2D eigenvalue weighted by Gasteiger charge is 2.43. The molecule has 1 amide bonds. The minimum Gasteiger partial charge on any atom is -0.481 e. The Morgan fingerprint density at radius 1 is 1.19 bits per heavy atom. The molecule has 1 saturated heterocycles. The maximum absolute atomic E-state index is 13.7. The van der Waals surface area contributed by atoms with Crippen molar-refractivity contribution in [2.24, 2.45) is 11.8 Å². The lowest BCUT2D eigenvalue weighted by molar-refractivity contribution is -0.152. The Hall–Kier alpha value is -2.31. The van der Waals surface area contributed by atoms with Gasteiger partial charge >= 0.3 is 5.97 Å². The standard InChI is InChI=1S/C25H27ClN2O3S/c26-19-7-2-8-20-24(19)18(14-27-20)17(22-10-4-12-32-22)13-23(29)28-11-3-6-15-16(25(30)31)5-1-9-21(15)28/h2,4,7-8,10,12,14-17,21,27H,1,3,5-6,9,11,13H2,(H,30,31)/t15?,16?,17-,21?/m0/s1.